The molecule has 7 heteroatoms. The maximum Gasteiger partial charge on any atom is 0.326 e. The molecule has 1 aromatic rings. The van der Waals surface area contributed by atoms with Gasteiger partial charge in [-0.25, -0.2) is 22.3 Å². The van der Waals surface area contributed by atoms with Gasteiger partial charge in [-0.05, 0) is 24.6 Å². The number of benzene rings is 1. The van der Waals surface area contributed by atoms with E-state index in [1.54, 1.807) is 4.72 Å². The molecule has 1 rings (SSSR count). The van der Waals surface area contributed by atoms with Crippen molar-refractivity contribution < 1.29 is 17.6 Å². The fourth-order valence-electron chi connectivity index (χ4n) is 1.05. The van der Waals surface area contributed by atoms with Crippen LogP contribution >= 0.6 is 0 Å². The minimum Gasteiger partial charge on any atom is -0.351 e. The zero-order chi connectivity index (χ0) is 11.6. The van der Waals surface area contributed by atoms with Crippen molar-refractivity contribution in [2.75, 3.05) is 0 Å². The van der Waals surface area contributed by atoms with E-state index in [1.807, 2.05) is 0 Å². The molecule has 5 nitrogen and oxygen atoms in total. The summed E-state index contributed by atoms with van der Waals surface area (Å²) in [6, 6.07) is 2.03. The zero-order valence-corrected chi connectivity index (χ0v) is 8.64. The monoisotopic (exact) mass is 232 g/mol. The lowest BCUT2D eigenvalue weighted by atomic mass is 10.2. The summed E-state index contributed by atoms with van der Waals surface area (Å²) in [6.45, 7) is 1.48. The van der Waals surface area contributed by atoms with Gasteiger partial charge < -0.3 is 5.73 Å². The molecule has 0 aliphatic carbocycles. The highest BCUT2D eigenvalue weighted by molar-refractivity contribution is 7.90. The van der Waals surface area contributed by atoms with E-state index in [9.17, 15) is 17.6 Å². The Hall–Kier alpha value is -1.63. The van der Waals surface area contributed by atoms with Crippen molar-refractivity contribution in [1.29, 1.82) is 0 Å². The Kier molecular flexibility index (Phi) is 2.94. The van der Waals surface area contributed by atoms with Crippen LogP contribution in [0.3, 0.4) is 0 Å². The Balaban J connectivity index is 3.26. The highest BCUT2D eigenvalue weighted by Crippen LogP contribution is 2.15. The van der Waals surface area contributed by atoms with E-state index in [2.05, 4.69) is 5.73 Å². The van der Waals surface area contributed by atoms with Gasteiger partial charge in [0.15, 0.2) is 0 Å². The molecule has 0 saturated heterocycles. The molecule has 0 aromatic heterocycles. The topological polar surface area (TPSA) is 89.3 Å². The highest BCUT2D eigenvalue weighted by atomic mass is 32.2. The summed E-state index contributed by atoms with van der Waals surface area (Å²) < 4.78 is 37.2. The van der Waals surface area contributed by atoms with Crippen molar-refractivity contribution in [2.24, 2.45) is 5.73 Å². The molecule has 82 valence electrons. The minimum absolute atomic E-state index is 0.304. The van der Waals surface area contributed by atoms with Gasteiger partial charge >= 0.3 is 6.03 Å². The van der Waals surface area contributed by atoms with E-state index in [4.69, 9.17) is 0 Å². The van der Waals surface area contributed by atoms with E-state index >= 15 is 0 Å². The lowest BCUT2D eigenvalue weighted by Crippen LogP contribution is -2.35. The number of carbonyl (C=O) groups excluding carboxylic acids is 1. The number of primary amides is 1. The Bertz CT molecular complexity index is 499. The lowest BCUT2D eigenvalue weighted by Gasteiger charge is -2.07. The largest absolute Gasteiger partial charge is 0.351 e. The molecule has 1 aromatic carbocycles. The molecular weight excluding hydrogens is 223 g/mol. The van der Waals surface area contributed by atoms with Crippen LogP contribution in [0.1, 0.15) is 5.56 Å². The van der Waals surface area contributed by atoms with Crippen LogP contribution in [0.2, 0.25) is 0 Å². The average Bonchev–Trinajstić information content (AvgIpc) is 2.06. The van der Waals surface area contributed by atoms with Gasteiger partial charge in [0.1, 0.15) is 5.82 Å². The third kappa shape index (κ3) is 2.66. The Labute approximate surface area is 86.1 Å². The summed E-state index contributed by atoms with van der Waals surface area (Å²) in [5, 5.41) is 0. The molecule has 0 spiro atoms. The molecule has 3 N–H and O–H groups in total. The average molecular weight is 232 g/mol. The number of hydrogen-bond donors (Lipinski definition) is 2. The number of amides is 2. The van der Waals surface area contributed by atoms with E-state index in [0.29, 0.717) is 5.56 Å². The molecule has 0 aliphatic heterocycles. The van der Waals surface area contributed by atoms with Gasteiger partial charge in [-0.15, -0.1) is 0 Å². The summed E-state index contributed by atoms with van der Waals surface area (Å²) in [4.78, 5) is 10.1. The van der Waals surface area contributed by atoms with Gasteiger partial charge in [0.2, 0.25) is 0 Å². The predicted molar refractivity (Wildman–Crippen MR) is 51.0 cm³/mol. The molecule has 0 heterocycles. The van der Waals surface area contributed by atoms with Gasteiger partial charge in [0.25, 0.3) is 10.0 Å². The molecule has 0 saturated carbocycles. The molecule has 0 fully saturated rings. The van der Waals surface area contributed by atoms with Crippen LogP contribution in [0.5, 0.6) is 0 Å². The highest BCUT2D eigenvalue weighted by Gasteiger charge is 2.18. The number of hydrogen-bond acceptors (Lipinski definition) is 3. The second-order valence-electron chi connectivity index (χ2n) is 2.88. The van der Waals surface area contributed by atoms with Gasteiger partial charge in [-0.2, -0.15) is 0 Å². The number of carbonyl (C=O) groups is 1. The van der Waals surface area contributed by atoms with Crippen LogP contribution in [0.15, 0.2) is 23.1 Å². The maximum atomic E-state index is 12.8. The predicted octanol–water partition coefficient (Wildman–Crippen LogP) is 0.491. The molecule has 0 bridgehead atoms. The van der Waals surface area contributed by atoms with E-state index < -0.39 is 21.9 Å². The molecule has 0 aliphatic rings. The van der Waals surface area contributed by atoms with Crippen LogP contribution in [0.25, 0.3) is 0 Å². The number of nitrogens with one attached hydrogen (secondary N) is 1. The number of nitrogens with two attached hydrogens (primary N) is 1. The fraction of sp³-hybridized carbons (Fsp3) is 0.125. The van der Waals surface area contributed by atoms with E-state index in [0.717, 1.165) is 12.1 Å². The molecule has 15 heavy (non-hydrogen) atoms. The third-order valence-corrected chi connectivity index (χ3v) is 3.16. The Morgan fingerprint density at radius 1 is 1.47 bits per heavy atom. The number of urea groups is 1. The number of rotatable bonds is 2. The van der Waals surface area contributed by atoms with Crippen molar-refractivity contribution in [3.05, 3.63) is 29.6 Å². The number of aryl methyl sites for hydroxylation is 1. The molecule has 0 radical (unpaired) electrons. The molecule has 2 amide bonds. The van der Waals surface area contributed by atoms with Crippen molar-refractivity contribution in [2.45, 2.75) is 11.8 Å². The summed E-state index contributed by atoms with van der Waals surface area (Å²) in [5.74, 6) is -0.703. The second-order valence-corrected chi connectivity index (χ2v) is 4.53. The molecule has 0 atom stereocenters. The van der Waals surface area contributed by atoms with Crippen LogP contribution in [-0.4, -0.2) is 14.4 Å². The first-order valence-corrected chi connectivity index (χ1v) is 5.39. The number of sulfonamides is 1. The van der Waals surface area contributed by atoms with E-state index in [1.165, 1.54) is 13.0 Å². The first kappa shape index (κ1) is 11.4. The minimum atomic E-state index is -4.08. The van der Waals surface area contributed by atoms with Crippen LogP contribution in [-0.2, 0) is 10.0 Å². The Morgan fingerprint density at radius 2 is 2.07 bits per heavy atom. The van der Waals surface area contributed by atoms with Gasteiger partial charge in [-0.1, -0.05) is 6.07 Å². The van der Waals surface area contributed by atoms with Crippen molar-refractivity contribution in [1.82, 2.24) is 4.72 Å². The third-order valence-electron chi connectivity index (χ3n) is 1.67. The Morgan fingerprint density at radius 3 is 2.60 bits per heavy atom. The smallest absolute Gasteiger partial charge is 0.326 e. The van der Waals surface area contributed by atoms with Crippen molar-refractivity contribution in [3.63, 3.8) is 0 Å². The first-order valence-electron chi connectivity index (χ1n) is 3.91. The van der Waals surface area contributed by atoms with Gasteiger partial charge in [0.05, 0.1) is 4.90 Å². The molecule has 0 unspecified atom stereocenters. The normalized spacial score (nSPS) is 11.1. The fourth-order valence-corrected chi connectivity index (χ4v) is 2.19. The summed E-state index contributed by atoms with van der Waals surface area (Å²) in [5.41, 5.74) is 5.01. The van der Waals surface area contributed by atoms with Crippen molar-refractivity contribution >= 4 is 16.1 Å². The quantitative estimate of drug-likeness (QED) is 0.777. The standard InChI is InChI=1S/C8H9FN2O3S/c1-5-2-3-6(9)4-7(5)15(13,14)11-8(10)12/h2-4H,1H3,(H3,10,11,12). The van der Waals surface area contributed by atoms with Crippen LogP contribution < -0.4 is 10.5 Å². The summed E-state index contributed by atoms with van der Waals surface area (Å²) in [6.07, 6.45) is 0. The van der Waals surface area contributed by atoms with Crippen LogP contribution in [0, 0.1) is 12.7 Å². The molecular formula is C8H9FN2O3S. The zero-order valence-electron chi connectivity index (χ0n) is 7.82. The maximum absolute atomic E-state index is 12.8. The van der Waals surface area contributed by atoms with E-state index in [-0.39, 0.29) is 4.90 Å². The SMILES string of the molecule is Cc1ccc(F)cc1S(=O)(=O)NC(N)=O. The van der Waals surface area contributed by atoms with Crippen molar-refractivity contribution in [3.8, 4) is 0 Å². The second kappa shape index (κ2) is 3.85. The van der Waals surface area contributed by atoms with Gasteiger partial charge in [0, 0.05) is 0 Å². The summed E-state index contributed by atoms with van der Waals surface area (Å²) >= 11 is 0. The lowest BCUT2D eigenvalue weighted by molar-refractivity contribution is 0.253. The summed E-state index contributed by atoms with van der Waals surface area (Å²) in [7, 11) is -4.08. The first-order chi connectivity index (χ1) is 6.83. The number of halogens is 1. The van der Waals surface area contributed by atoms with Crippen LogP contribution in [0.4, 0.5) is 9.18 Å². The van der Waals surface area contributed by atoms with Gasteiger partial charge in [-0.3, -0.25) is 0 Å².